The van der Waals surface area contributed by atoms with Crippen molar-refractivity contribution in [1.29, 1.82) is 0 Å². The van der Waals surface area contributed by atoms with Gasteiger partial charge in [-0.25, -0.2) is 4.68 Å². The van der Waals surface area contributed by atoms with Crippen molar-refractivity contribution in [1.82, 2.24) is 9.78 Å². The fourth-order valence-electron chi connectivity index (χ4n) is 3.03. The van der Waals surface area contributed by atoms with Crippen molar-refractivity contribution in [3.8, 4) is 5.69 Å². The lowest BCUT2D eigenvalue weighted by atomic mass is 10.1. The monoisotopic (exact) mass is 438 g/mol. The van der Waals surface area contributed by atoms with Crippen LogP contribution in [0, 0.1) is 0 Å². The third-order valence-electron chi connectivity index (χ3n) is 4.39. The van der Waals surface area contributed by atoms with Crippen LogP contribution in [0.2, 0.25) is 0 Å². The van der Waals surface area contributed by atoms with E-state index in [4.69, 9.17) is 0 Å². The first kappa shape index (κ1) is 18.1. The van der Waals surface area contributed by atoms with Gasteiger partial charge in [0.25, 0.3) is 5.91 Å². The zero-order valence-corrected chi connectivity index (χ0v) is 16.2. The first-order chi connectivity index (χ1) is 13.5. The third-order valence-corrected chi connectivity index (χ3v) is 4.80. The SMILES string of the molecule is O=C(Nc1ccccc1-n1cc(Br)cn1)c1ccc(N2C(=O)CCC2=O)cc1. The molecule has 1 aliphatic heterocycles. The number of anilines is 2. The van der Waals surface area contributed by atoms with Gasteiger partial charge in [-0.1, -0.05) is 12.1 Å². The van der Waals surface area contributed by atoms with Crippen molar-refractivity contribution in [2.24, 2.45) is 0 Å². The third kappa shape index (κ3) is 3.46. The first-order valence-corrected chi connectivity index (χ1v) is 9.39. The van der Waals surface area contributed by atoms with Gasteiger partial charge in [0, 0.05) is 24.6 Å². The van der Waals surface area contributed by atoms with Crippen LogP contribution in [0.5, 0.6) is 0 Å². The zero-order chi connectivity index (χ0) is 19.7. The lowest BCUT2D eigenvalue weighted by molar-refractivity contribution is -0.121. The minimum Gasteiger partial charge on any atom is -0.320 e. The van der Waals surface area contributed by atoms with E-state index in [1.807, 2.05) is 18.2 Å². The highest BCUT2D eigenvalue weighted by molar-refractivity contribution is 9.10. The average Bonchev–Trinajstić information content (AvgIpc) is 3.27. The predicted octanol–water partition coefficient (Wildman–Crippen LogP) is 3.54. The summed E-state index contributed by atoms with van der Waals surface area (Å²) < 4.78 is 2.49. The molecule has 140 valence electrons. The van der Waals surface area contributed by atoms with E-state index in [0.717, 1.165) is 15.1 Å². The number of hydrogen-bond donors (Lipinski definition) is 1. The Morgan fingerprint density at radius 2 is 1.68 bits per heavy atom. The molecule has 1 N–H and O–H groups in total. The van der Waals surface area contributed by atoms with E-state index in [1.165, 1.54) is 0 Å². The summed E-state index contributed by atoms with van der Waals surface area (Å²) in [7, 11) is 0. The second-order valence-electron chi connectivity index (χ2n) is 6.24. The van der Waals surface area contributed by atoms with Crippen LogP contribution in [0.1, 0.15) is 23.2 Å². The Kier molecular flexibility index (Phi) is 4.79. The van der Waals surface area contributed by atoms with E-state index in [2.05, 4.69) is 26.3 Å². The number of amides is 3. The highest BCUT2D eigenvalue weighted by Crippen LogP contribution is 2.24. The summed E-state index contributed by atoms with van der Waals surface area (Å²) in [6.45, 7) is 0. The number of benzene rings is 2. The summed E-state index contributed by atoms with van der Waals surface area (Å²) in [4.78, 5) is 37.5. The molecule has 3 aromatic rings. The number of halogens is 1. The number of carbonyl (C=O) groups excluding carboxylic acids is 3. The van der Waals surface area contributed by atoms with Gasteiger partial charge in [0.1, 0.15) is 0 Å². The number of para-hydroxylation sites is 2. The van der Waals surface area contributed by atoms with Gasteiger partial charge in [0.15, 0.2) is 0 Å². The fourth-order valence-corrected chi connectivity index (χ4v) is 3.32. The molecule has 0 unspecified atom stereocenters. The molecule has 1 saturated heterocycles. The fraction of sp³-hybridized carbons (Fsp3) is 0.100. The minimum atomic E-state index is -0.302. The van der Waals surface area contributed by atoms with Crippen molar-refractivity contribution in [2.45, 2.75) is 12.8 Å². The molecule has 0 aliphatic carbocycles. The number of nitrogens with zero attached hydrogens (tertiary/aromatic N) is 3. The molecule has 3 amide bonds. The number of nitrogens with one attached hydrogen (secondary N) is 1. The number of carbonyl (C=O) groups is 3. The highest BCUT2D eigenvalue weighted by atomic mass is 79.9. The molecule has 1 fully saturated rings. The van der Waals surface area contributed by atoms with Gasteiger partial charge in [-0.05, 0) is 52.3 Å². The zero-order valence-electron chi connectivity index (χ0n) is 14.6. The van der Waals surface area contributed by atoms with Crippen molar-refractivity contribution in [3.05, 3.63) is 71.0 Å². The largest absolute Gasteiger partial charge is 0.320 e. The molecule has 0 saturated carbocycles. The van der Waals surface area contributed by atoms with Crippen molar-refractivity contribution < 1.29 is 14.4 Å². The van der Waals surface area contributed by atoms with Gasteiger partial charge in [-0.15, -0.1) is 0 Å². The van der Waals surface area contributed by atoms with Gasteiger partial charge < -0.3 is 5.32 Å². The average molecular weight is 439 g/mol. The minimum absolute atomic E-state index is 0.221. The summed E-state index contributed by atoms with van der Waals surface area (Å²) in [6.07, 6.45) is 3.91. The molecular weight excluding hydrogens is 424 g/mol. The summed E-state index contributed by atoms with van der Waals surface area (Å²) in [6, 6.07) is 13.7. The van der Waals surface area contributed by atoms with E-state index in [9.17, 15) is 14.4 Å². The van der Waals surface area contributed by atoms with Crippen molar-refractivity contribution in [2.75, 3.05) is 10.2 Å². The van der Waals surface area contributed by atoms with Gasteiger partial charge in [0.05, 0.1) is 27.7 Å². The summed E-state index contributed by atoms with van der Waals surface area (Å²) >= 11 is 3.36. The van der Waals surface area contributed by atoms with Crippen molar-refractivity contribution >= 4 is 45.0 Å². The van der Waals surface area contributed by atoms with Gasteiger partial charge in [-0.2, -0.15) is 5.10 Å². The Hall–Kier alpha value is -3.26. The summed E-state index contributed by atoms with van der Waals surface area (Å²) in [5.41, 5.74) is 2.23. The van der Waals surface area contributed by atoms with E-state index < -0.39 is 0 Å². The van der Waals surface area contributed by atoms with Crippen LogP contribution in [-0.4, -0.2) is 27.5 Å². The van der Waals surface area contributed by atoms with E-state index in [-0.39, 0.29) is 30.6 Å². The lowest BCUT2D eigenvalue weighted by Crippen LogP contribution is -2.28. The molecule has 2 aromatic carbocycles. The maximum Gasteiger partial charge on any atom is 0.255 e. The van der Waals surface area contributed by atoms with Gasteiger partial charge >= 0.3 is 0 Å². The van der Waals surface area contributed by atoms with Crippen LogP contribution in [0.25, 0.3) is 5.69 Å². The van der Waals surface area contributed by atoms with Gasteiger partial charge in [-0.3, -0.25) is 19.3 Å². The van der Waals surface area contributed by atoms with Crippen LogP contribution in [-0.2, 0) is 9.59 Å². The Labute approximate surface area is 169 Å². The number of imide groups is 1. The first-order valence-electron chi connectivity index (χ1n) is 8.60. The van der Waals surface area contributed by atoms with Gasteiger partial charge in [0.2, 0.25) is 11.8 Å². The Bertz CT molecular complexity index is 1060. The molecule has 0 spiro atoms. The molecular formula is C20H15BrN4O3. The quantitative estimate of drug-likeness (QED) is 0.631. The molecule has 7 nitrogen and oxygen atoms in total. The predicted molar refractivity (Wildman–Crippen MR) is 107 cm³/mol. The van der Waals surface area contributed by atoms with Crippen LogP contribution < -0.4 is 10.2 Å². The molecule has 1 aliphatic rings. The van der Waals surface area contributed by atoms with Crippen LogP contribution >= 0.6 is 15.9 Å². The van der Waals surface area contributed by atoms with Crippen LogP contribution in [0.3, 0.4) is 0 Å². The van der Waals surface area contributed by atoms with Crippen LogP contribution in [0.4, 0.5) is 11.4 Å². The maximum atomic E-state index is 12.7. The van der Waals surface area contributed by atoms with E-state index in [1.54, 1.807) is 47.4 Å². The number of aromatic nitrogens is 2. The van der Waals surface area contributed by atoms with E-state index in [0.29, 0.717) is 16.9 Å². The summed E-state index contributed by atoms with van der Waals surface area (Å²) in [5, 5.41) is 7.12. The Morgan fingerprint density at radius 3 is 2.32 bits per heavy atom. The van der Waals surface area contributed by atoms with E-state index >= 15 is 0 Å². The second kappa shape index (κ2) is 7.40. The standard InChI is InChI=1S/C20H15BrN4O3/c21-14-11-22-24(12-14)17-4-2-1-3-16(17)23-20(28)13-5-7-15(8-6-13)25-18(26)9-10-19(25)27/h1-8,11-12H,9-10H2,(H,23,28). The lowest BCUT2D eigenvalue weighted by Gasteiger charge is -2.14. The normalized spacial score (nSPS) is 13.8. The molecule has 0 atom stereocenters. The van der Waals surface area contributed by atoms with Crippen LogP contribution in [0.15, 0.2) is 65.4 Å². The molecule has 8 heteroatoms. The number of hydrogen-bond acceptors (Lipinski definition) is 4. The Morgan fingerprint density at radius 1 is 1.00 bits per heavy atom. The maximum absolute atomic E-state index is 12.7. The molecule has 28 heavy (non-hydrogen) atoms. The molecule has 0 bridgehead atoms. The molecule has 0 radical (unpaired) electrons. The summed E-state index contributed by atoms with van der Waals surface area (Å²) in [5.74, 6) is -0.743. The van der Waals surface area contributed by atoms with Crippen molar-refractivity contribution in [3.63, 3.8) is 0 Å². The molecule has 1 aromatic heterocycles. The topological polar surface area (TPSA) is 84.3 Å². The second-order valence-corrected chi connectivity index (χ2v) is 7.16. The number of rotatable bonds is 4. The smallest absolute Gasteiger partial charge is 0.255 e. The molecule has 4 rings (SSSR count). The highest BCUT2D eigenvalue weighted by Gasteiger charge is 2.30. The Balaban J connectivity index is 1.55. The molecule has 2 heterocycles.